The first kappa shape index (κ1) is 22.8. The van der Waals surface area contributed by atoms with E-state index in [-0.39, 0.29) is 40.5 Å². The Morgan fingerprint density at radius 2 is 1.75 bits per heavy atom. The maximum absolute atomic E-state index is 10.0. The molecule has 0 saturated heterocycles. The fraction of sp³-hybridized carbons (Fsp3) is 0.250. The van der Waals surface area contributed by atoms with Crippen LogP contribution >= 0.6 is 7.92 Å². The average Bonchev–Trinajstić information content (AvgIpc) is 2.47. The van der Waals surface area contributed by atoms with Gasteiger partial charge in [0, 0.05) is 40.5 Å². The van der Waals surface area contributed by atoms with Crippen LogP contribution in [-0.4, -0.2) is 24.2 Å². The van der Waals surface area contributed by atoms with Gasteiger partial charge in [-0.05, 0) is 21.8 Å². The van der Waals surface area contributed by atoms with Crippen LogP contribution in [0.3, 0.4) is 0 Å². The smallest absolute Gasteiger partial charge is 0.155 e. The number of hydrogen-bond acceptors (Lipinski definition) is 2. The SMILES string of the molecule is CC(=O)C=C(C)O.C[PH+](C)Cc1[c-]cccc1-c1ccccc1.[Pt]. The van der Waals surface area contributed by atoms with Crippen LogP contribution in [-0.2, 0) is 32.0 Å². The van der Waals surface area contributed by atoms with Gasteiger partial charge in [-0.15, -0.1) is 11.1 Å². The summed E-state index contributed by atoms with van der Waals surface area (Å²) in [7, 11) is -0.247. The Hall–Kier alpha value is -1.23. The molecule has 1 N–H and O–H groups in total. The first-order chi connectivity index (χ1) is 10.9. The number of hydrogen-bond donors (Lipinski definition) is 1. The minimum absolute atomic E-state index is 0. The molecular formula is C20H25O2PPt. The normalized spacial score (nSPS) is 10.5. The minimum atomic E-state index is -0.247. The summed E-state index contributed by atoms with van der Waals surface area (Å²) in [4.78, 5) is 10.0. The maximum atomic E-state index is 10.0. The molecule has 2 rings (SSSR count). The second-order valence-electron chi connectivity index (χ2n) is 5.71. The molecular weight excluding hydrogens is 498 g/mol. The van der Waals surface area contributed by atoms with Crippen LogP contribution in [0.5, 0.6) is 0 Å². The van der Waals surface area contributed by atoms with E-state index in [9.17, 15) is 4.79 Å². The zero-order valence-electron chi connectivity index (χ0n) is 14.6. The summed E-state index contributed by atoms with van der Waals surface area (Å²) in [6.07, 6.45) is 2.36. The van der Waals surface area contributed by atoms with Crippen molar-refractivity contribution in [3.05, 3.63) is 72.0 Å². The fourth-order valence-electron chi connectivity index (χ4n) is 2.15. The van der Waals surface area contributed by atoms with E-state index in [0.29, 0.717) is 0 Å². The standard InChI is InChI=1S/C15H16P.C5H8O2.Pt/c1-16(2)12-14-10-6-7-11-15(14)13-8-4-3-5-9-13;1-4(6)3-5(2)7;/h3-9,11H,12H2,1-2H3;3,6H,1-2H3;/q-1;;/p+1. The van der Waals surface area contributed by atoms with Crippen LogP contribution in [0.1, 0.15) is 19.4 Å². The molecule has 0 aromatic heterocycles. The number of benzene rings is 2. The minimum Gasteiger partial charge on any atom is -0.512 e. The summed E-state index contributed by atoms with van der Waals surface area (Å²) < 4.78 is 0. The van der Waals surface area contributed by atoms with E-state index in [1.54, 1.807) is 0 Å². The molecule has 132 valence electrons. The summed E-state index contributed by atoms with van der Waals surface area (Å²) in [6, 6.07) is 20.3. The topological polar surface area (TPSA) is 37.3 Å². The van der Waals surface area contributed by atoms with Crippen LogP contribution in [0, 0.1) is 6.07 Å². The van der Waals surface area contributed by atoms with Gasteiger partial charge in [-0.3, -0.25) is 4.79 Å². The quantitative estimate of drug-likeness (QED) is 0.260. The van der Waals surface area contributed by atoms with E-state index >= 15 is 0 Å². The van der Waals surface area contributed by atoms with E-state index in [4.69, 9.17) is 5.11 Å². The molecule has 4 heteroatoms. The van der Waals surface area contributed by atoms with Crippen molar-refractivity contribution in [1.82, 2.24) is 0 Å². The molecule has 0 fully saturated rings. The Labute approximate surface area is 161 Å². The van der Waals surface area contributed by atoms with E-state index < -0.39 is 0 Å². The largest absolute Gasteiger partial charge is 0.512 e. The monoisotopic (exact) mass is 523 g/mol. The van der Waals surface area contributed by atoms with Crippen molar-refractivity contribution in [1.29, 1.82) is 0 Å². The van der Waals surface area contributed by atoms with Gasteiger partial charge in [0.2, 0.25) is 0 Å². The van der Waals surface area contributed by atoms with Gasteiger partial charge in [0.25, 0.3) is 0 Å². The molecule has 2 aromatic carbocycles. The Morgan fingerprint density at radius 1 is 1.12 bits per heavy atom. The molecule has 0 saturated carbocycles. The van der Waals surface area contributed by atoms with Crippen LogP contribution < -0.4 is 0 Å². The fourth-order valence-corrected chi connectivity index (χ4v) is 3.15. The molecule has 0 aliphatic rings. The third-order valence-corrected chi connectivity index (χ3v) is 4.03. The molecule has 0 spiro atoms. The van der Waals surface area contributed by atoms with Crippen molar-refractivity contribution in [3.63, 3.8) is 0 Å². The molecule has 0 amide bonds. The van der Waals surface area contributed by atoms with Crippen LogP contribution in [0.25, 0.3) is 11.1 Å². The van der Waals surface area contributed by atoms with Gasteiger partial charge in [-0.2, -0.15) is 24.3 Å². The van der Waals surface area contributed by atoms with E-state index in [2.05, 4.69) is 61.9 Å². The third kappa shape index (κ3) is 9.16. The van der Waals surface area contributed by atoms with Crippen LogP contribution in [0.15, 0.2) is 60.4 Å². The number of aliphatic hydroxyl groups is 1. The maximum Gasteiger partial charge on any atom is 0.155 e. The molecule has 24 heavy (non-hydrogen) atoms. The summed E-state index contributed by atoms with van der Waals surface area (Å²) in [5.41, 5.74) is 4.01. The molecule has 0 unspecified atom stereocenters. The van der Waals surface area contributed by atoms with Gasteiger partial charge in [0.1, 0.15) is 0 Å². The Kier molecular flexibility index (Phi) is 11.6. The Balaban J connectivity index is 0.000000570. The van der Waals surface area contributed by atoms with Gasteiger partial charge in [0.15, 0.2) is 5.78 Å². The summed E-state index contributed by atoms with van der Waals surface area (Å²) in [5, 5.41) is 8.36. The van der Waals surface area contributed by atoms with E-state index in [1.807, 2.05) is 6.07 Å². The van der Waals surface area contributed by atoms with Crippen molar-refractivity contribution in [3.8, 4) is 11.1 Å². The second-order valence-corrected chi connectivity index (χ2v) is 8.48. The van der Waals surface area contributed by atoms with Crippen molar-refractivity contribution >= 4 is 13.7 Å². The number of rotatable bonds is 4. The zero-order valence-corrected chi connectivity index (χ0v) is 17.8. The molecule has 0 aliphatic carbocycles. The first-order valence-electron chi connectivity index (χ1n) is 7.62. The van der Waals surface area contributed by atoms with Crippen LogP contribution in [0.2, 0.25) is 0 Å². The van der Waals surface area contributed by atoms with Gasteiger partial charge < -0.3 is 5.11 Å². The number of aliphatic hydroxyl groups excluding tert-OH is 1. The molecule has 0 aliphatic heterocycles. The molecule has 0 atom stereocenters. The molecule has 0 bridgehead atoms. The van der Waals surface area contributed by atoms with Gasteiger partial charge >= 0.3 is 0 Å². The number of ketones is 1. The van der Waals surface area contributed by atoms with Crippen molar-refractivity contribution in [2.75, 3.05) is 13.3 Å². The van der Waals surface area contributed by atoms with Gasteiger partial charge in [-0.1, -0.05) is 35.9 Å². The second kappa shape index (κ2) is 12.2. The number of carbonyl (C=O) groups excluding carboxylic acids is 1. The Morgan fingerprint density at radius 3 is 2.21 bits per heavy atom. The van der Waals surface area contributed by atoms with Crippen molar-refractivity contribution < 1.29 is 31.0 Å². The van der Waals surface area contributed by atoms with Crippen LogP contribution in [0.4, 0.5) is 0 Å². The number of carbonyl (C=O) groups is 1. The first-order valence-corrected chi connectivity index (χ1v) is 10.3. The molecule has 2 nitrogen and oxygen atoms in total. The predicted octanol–water partition coefficient (Wildman–Crippen LogP) is 5.16. The molecule has 2 aromatic rings. The number of allylic oxidation sites excluding steroid dienone is 2. The summed E-state index contributed by atoms with van der Waals surface area (Å²) in [6.45, 7) is 7.54. The van der Waals surface area contributed by atoms with Crippen molar-refractivity contribution in [2.45, 2.75) is 20.0 Å². The predicted molar refractivity (Wildman–Crippen MR) is 102 cm³/mol. The average molecular weight is 523 g/mol. The van der Waals surface area contributed by atoms with Crippen molar-refractivity contribution in [2.24, 2.45) is 0 Å². The van der Waals surface area contributed by atoms with E-state index in [0.717, 1.165) is 0 Å². The van der Waals surface area contributed by atoms with Gasteiger partial charge in [0.05, 0.1) is 11.9 Å². The summed E-state index contributed by atoms with van der Waals surface area (Å²) in [5.74, 6) is -0.0625. The molecule has 0 radical (unpaired) electrons. The van der Waals surface area contributed by atoms with Gasteiger partial charge in [-0.25, -0.2) is 0 Å². The summed E-state index contributed by atoms with van der Waals surface area (Å²) >= 11 is 0. The Bertz CT molecular complexity index is 648. The molecule has 0 heterocycles. The van der Waals surface area contributed by atoms with E-state index in [1.165, 1.54) is 42.8 Å². The third-order valence-electron chi connectivity index (χ3n) is 2.97. The zero-order chi connectivity index (χ0) is 17.2.